The molecule has 1 N–H and O–H groups in total. The van der Waals surface area contributed by atoms with Crippen LogP contribution in [-0.2, 0) is 11.3 Å². The Morgan fingerprint density at radius 1 is 1.26 bits per heavy atom. The maximum Gasteiger partial charge on any atom is 0.291 e. The Bertz CT molecular complexity index is 1010. The average molecular weight is 371 g/mol. The summed E-state index contributed by atoms with van der Waals surface area (Å²) in [5.74, 6) is 0.747. The molecule has 144 valence electrons. The third-order valence-corrected chi connectivity index (χ3v) is 5.19. The molecule has 0 aliphatic carbocycles. The van der Waals surface area contributed by atoms with Crippen LogP contribution in [0.25, 0.3) is 16.6 Å². The second-order valence-electron chi connectivity index (χ2n) is 7.11. The number of amides is 1. The van der Waals surface area contributed by atoms with Gasteiger partial charge in [-0.3, -0.25) is 14.0 Å². The van der Waals surface area contributed by atoms with Gasteiger partial charge in [0.15, 0.2) is 5.58 Å². The van der Waals surface area contributed by atoms with Crippen molar-refractivity contribution in [3.8, 4) is 0 Å². The van der Waals surface area contributed by atoms with Crippen molar-refractivity contribution in [1.29, 1.82) is 0 Å². The number of hydrogen-bond acceptors (Lipinski definition) is 5. The van der Waals surface area contributed by atoms with Gasteiger partial charge in [0.1, 0.15) is 11.3 Å². The van der Waals surface area contributed by atoms with Gasteiger partial charge in [-0.2, -0.15) is 5.10 Å². The summed E-state index contributed by atoms with van der Waals surface area (Å²) >= 11 is 0. The SMILES string of the molecule is Cc1nn(CCCC(=O)NCCN2CCCC2)c(=O)c2cc3occc3n12. The van der Waals surface area contributed by atoms with Crippen LogP contribution in [0, 0.1) is 6.92 Å². The molecule has 8 nitrogen and oxygen atoms in total. The minimum absolute atomic E-state index is 0.0280. The van der Waals surface area contributed by atoms with E-state index in [1.165, 1.54) is 17.5 Å². The van der Waals surface area contributed by atoms with Crippen LogP contribution in [0.5, 0.6) is 0 Å². The van der Waals surface area contributed by atoms with Crippen LogP contribution < -0.4 is 10.9 Å². The highest BCUT2D eigenvalue weighted by Gasteiger charge is 2.14. The molecular weight excluding hydrogens is 346 g/mol. The molecular formula is C19H25N5O3. The van der Waals surface area contributed by atoms with Crippen molar-refractivity contribution in [2.45, 2.75) is 39.2 Å². The molecule has 0 unspecified atom stereocenters. The van der Waals surface area contributed by atoms with E-state index >= 15 is 0 Å². The summed E-state index contributed by atoms with van der Waals surface area (Å²) in [6, 6.07) is 3.57. The van der Waals surface area contributed by atoms with E-state index in [1.807, 2.05) is 17.4 Å². The quantitative estimate of drug-likeness (QED) is 0.681. The number of hydrogen-bond donors (Lipinski definition) is 1. The van der Waals surface area contributed by atoms with E-state index in [9.17, 15) is 9.59 Å². The van der Waals surface area contributed by atoms with Gasteiger partial charge in [-0.1, -0.05) is 0 Å². The van der Waals surface area contributed by atoms with E-state index in [0.717, 1.165) is 31.0 Å². The number of carbonyl (C=O) groups is 1. The highest BCUT2D eigenvalue weighted by Crippen LogP contribution is 2.19. The normalized spacial score (nSPS) is 15.1. The van der Waals surface area contributed by atoms with Crippen molar-refractivity contribution in [3.63, 3.8) is 0 Å². The van der Waals surface area contributed by atoms with Crippen molar-refractivity contribution in [2.75, 3.05) is 26.2 Å². The third-order valence-electron chi connectivity index (χ3n) is 5.19. The standard InChI is InChI=1S/C19H25N5O3/c1-14-21-23(19(26)16-13-17-15(24(14)16)6-12-27-17)10-4-5-18(25)20-7-11-22-8-2-3-9-22/h6,12-13H,2-5,7-11H2,1H3,(H,20,25). The second-order valence-corrected chi connectivity index (χ2v) is 7.11. The molecule has 1 aliphatic heterocycles. The number of likely N-dealkylation sites (tertiary alicyclic amines) is 1. The van der Waals surface area contributed by atoms with Crippen molar-refractivity contribution in [1.82, 2.24) is 24.4 Å². The fourth-order valence-electron chi connectivity index (χ4n) is 3.82. The molecule has 1 amide bonds. The highest BCUT2D eigenvalue weighted by atomic mass is 16.3. The van der Waals surface area contributed by atoms with Crippen molar-refractivity contribution >= 4 is 22.5 Å². The number of nitrogens with one attached hydrogen (secondary N) is 1. The zero-order valence-corrected chi connectivity index (χ0v) is 15.6. The van der Waals surface area contributed by atoms with Gasteiger partial charge in [0.25, 0.3) is 5.56 Å². The van der Waals surface area contributed by atoms with Crippen LogP contribution >= 0.6 is 0 Å². The van der Waals surface area contributed by atoms with Gasteiger partial charge in [-0.15, -0.1) is 0 Å². The van der Waals surface area contributed by atoms with Crippen LogP contribution in [0.3, 0.4) is 0 Å². The Morgan fingerprint density at radius 3 is 2.89 bits per heavy atom. The minimum Gasteiger partial charge on any atom is -0.463 e. The van der Waals surface area contributed by atoms with E-state index < -0.39 is 0 Å². The van der Waals surface area contributed by atoms with Crippen LogP contribution in [0.1, 0.15) is 31.5 Å². The number of rotatable bonds is 7. The Hall–Kier alpha value is -2.61. The fraction of sp³-hybridized carbons (Fsp3) is 0.526. The molecule has 0 saturated carbocycles. The number of aryl methyl sites for hydroxylation is 2. The smallest absolute Gasteiger partial charge is 0.291 e. The second kappa shape index (κ2) is 7.56. The molecule has 0 radical (unpaired) electrons. The first-order valence-corrected chi connectivity index (χ1v) is 9.59. The molecule has 0 aromatic carbocycles. The topological polar surface area (TPSA) is 84.8 Å². The van der Waals surface area contributed by atoms with Crippen LogP contribution in [0.2, 0.25) is 0 Å². The summed E-state index contributed by atoms with van der Waals surface area (Å²) in [4.78, 5) is 27.0. The lowest BCUT2D eigenvalue weighted by molar-refractivity contribution is -0.121. The lowest BCUT2D eigenvalue weighted by Crippen LogP contribution is -2.33. The van der Waals surface area contributed by atoms with Crippen LogP contribution in [0.4, 0.5) is 0 Å². The number of fused-ring (bicyclic) bond motifs is 3. The Kier molecular flexibility index (Phi) is 4.98. The molecule has 0 atom stereocenters. The number of nitrogens with zero attached hydrogens (tertiary/aromatic N) is 4. The summed E-state index contributed by atoms with van der Waals surface area (Å²) in [6.45, 7) is 6.15. The lowest BCUT2D eigenvalue weighted by Gasteiger charge is -2.14. The molecule has 0 bridgehead atoms. The molecule has 1 fully saturated rings. The first kappa shape index (κ1) is 17.8. The first-order valence-electron chi connectivity index (χ1n) is 9.59. The van der Waals surface area contributed by atoms with Crippen molar-refractivity contribution in [2.24, 2.45) is 0 Å². The zero-order valence-electron chi connectivity index (χ0n) is 15.6. The predicted octanol–water partition coefficient (Wildman–Crippen LogP) is 1.54. The number of carbonyl (C=O) groups excluding carboxylic acids is 1. The summed E-state index contributed by atoms with van der Waals surface area (Å²) in [5, 5.41) is 7.36. The largest absolute Gasteiger partial charge is 0.463 e. The van der Waals surface area contributed by atoms with Gasteiger partial charge < -0.3 is 14.6 Å². The molecule has 8 heteroatoms. The van der Waals surface area contributed by atoms with Gasteiger partial charge in [-0.05, 0) is 39.3 Å². The highest BCUT2D eigenvalue weighted by molar-refractivity contribution is 5.82. The summed E-state index contributed by atoms with van der Waals surface area (Å²) in [6.07, 6.45) is 5.08. The molecule has 27 heavy (non-hydrogen) atoms. The molecule has 0 spiro atoms. The summed E-state index contributed by atoms with van der Waals surface area (Å²) in [7, 11) is 0. The first-order chi connectivity index (χ1) is 13.1. The monoisotopic (exact) mass is 371 g/mol. The summed E-state index contributed by atoms with van der Waals surface area (Å²) in [5.41, 5.74) is 1.90. The molecule has 1 aliphatic rings. The number of aromatic nitrogens is 3. The van der Waals surface area contributed by atoms with E-state index in [4.69, 9.17) is 4.42 Å². The maximum atomic E-state index is 12.7. The van der Waals surface area contributed by atoms with E-state index in [-0.39, 0.29) is 11.5 Å². The Morgan fingerprint density at radius 2 is 2.07 bits per heavy atom. The predicted molar refractivity (Wildman–Crippen MR) is 102 cm³/mol. The molecule has 4 rings (SSSR count). The average Bonchev–Trinajstić information content (AvgIpc) is 3.36. The molecule has 3 aromatic rings. The van der Waals surface area contributed by atoms with Gasteiger partial charge >= 0.3 is 0 Å². The van der Waals surface area contributed by atoms with Crippen LogP contribution in [0.15, 0.2) is 27.6 Å². The van der Waals surface area contributed by atoms with E-state index in [0.29, 0.717) is 37.0 Å². The molecule has 3 aromatic heterocycles. The van der Waals surface area contributed by atoms with Gasteiger partial charge in [0.2, 0.25) is 5.91 Å². The van der Waals surface area contributed by atoms with Gasteiger partial charge in [0.05, 0.1) is 11.8 Å². The van der Waals surface area contributed by atoms with Crippen molar-refractivity contribution < 1.29 is 9.21 Å². The van der Waals surface area contributed by atoms with Crippen molar-refractivity contribution in [3.05, 3.63) is 34.6 Å². The van der Waals surface area contributed by atoms with E-state index in [1.54, 1.807) is 12.3 Å². The molecule has 4 heterocycles. The summed E-state index contributed by atoms with van der Waals surface area (Å²) < 4.78 is 8.64. The lowest BCUT2D eigenvalue weighted by atomic mass is 10.3. The Labute approximate surface area is 156 Å². The fourth-order valence-corrected chi connectivity index (χ4v) is 3.82. The van der Waals surface area contributed by atoms with Gasteiger partial charge in [0, 0.05) is 38.2 Å². The van der Waals surface area contributed by atoms with E-state index in [2.05, 4.69) is 15.3 Å². The Balaban J connectivity index is 1.34. The molecule has 1 saturated heterocycles. The van der Waals surface area contributed by atoms with Crippen LogP contribution in [-0.4, -0.2) is 51.2 Å². The minimum atomic E-state index is -0.165. The number of furan rings is 1. The maximum absolute atomic E-state index is 12.7. The zero-order chi connectivity index (χ0) is 18.8. The van der Waals surface area contributed by atoms with Gasteiger partial charge in [-0.25, -0.2) is 4.68 Å². The third kappa shape index (κ3) is 3.62.